The third-order valence-electron chi connectivity index (χ3n) is 6.79. The van der Waals surface area contributed by atoms with Crippen molar-refractivity contribution in [2.24, 2.45) is 0 Å². The van der Waals surface area contributed by atoms with E-state index in [4.69, 9.17) is 14.2 Å². The second-order valence-electron chi connectivity index (χ2n) is 9.38. The van der Waals surface area contributed by atoms with Gasteiger partial charge in [0.15, 0.2) is 0 Å². The third kappa shape index (κ3) is 8.73. The van der Waals surface area contributed by atoms with Crippen LogP contribution in [0, 0.1) is 13.8 Å². The molecule has 0 saturated carbocycles. The quantitative estimate of drug-likeness (QED) is 0.378. The minimum atomic E-state index is -0.00380. The summed E-state index contributed by atoms with van der Waals surface area (Å²) in [5, 5.41) is 0. The van der Waals surface area contributed by atoms with E-state index in [2.05, 4.69) is 49.1 Å². The molecule has 0 radical (unpaired) electrons. The van der Waals surface area contributed by atoms with Crippen LogP contribution < -0.4 is 0 Å². The van der Waals surface area contributed by atoms with E-state index < -0.39 is 0 Å². The molecule has 2 aromatic carbocycles. The fraction of sp³-hybridized carbons (Fsp3) is 0.552. The number of nitrogens with zero attached hydrogens (tertiary/aromatic N) is 2. The van der Waals surface area contributed by atoms with Crippen molar-refractivity contribution in [2.45, 2.75) is 45.8 Å². The second-order valence-corrected chi connectivity index (χ2v) is 9.38. The third-order valence-corrected chi connectivity index (χ3v) is 6.79. The summed E-state index contributed by atoms with van der Waals surface area (Å²) in [7, 11) is 1.94. The van der Waals surface area contributed by atoms with Crippen LogP contribution >= 0.6 is 0 Å². The molecular formula is C29H42N2O4. The van der Waals surface area contributed by atoms with Crippen molar-refractivity contribution in [3.63, 3.8) is 0 Å². The summed E-state index contributed by atoms with van der Waals surface area (Å²) in [4.78, 5) is 17.6. The zero-order valence-electron chi connectivity index (χ0n) is 21.9. The first-order chi connectivity index (χ1) is 17.0. The number of ether oxygens (including phenoxy) is 3. The van der Waals surface area contributed by atoms with Crippen LogP contribution in [0.25, 0.3) is 0 Å². The number of likely N-dealkylation sites (N-methyl/N-ethyl adjacent to an activating group) is 1. The van der Waals surface area contributed by atoms with E-state index in [0.717, 1.165) is 37.2 Å². The number of amides is 1. The van der Waals surface area contributed by atoms with Crippen molar-refractivity contribution >= 4 is 5.91 Å². The summed E-state index contributed by atoms with van der Waals surface area (Å²) in [6, 6.07) is 16.6. The molecule has 192 valence electrons. The summed E-state index contributed by atoms with van der Waals surface area (Å²) in [5.74, 6) is 0.137. The van der Waals surface area contributed by atoms with Crippen LogP contribution in [0.2, 0.25) is 0 Å². The Labute approximate surface area is 211 Å². The highest BCUT2D eigenvalue weighted by Gasteiger charge is 2.29. The van der Waals surface area contributed by atoms with Crippen molar-refractivity contribution in [1.29, 1.82) is 0 Å². The number of carbonyl (C=O) groups excluding carboxylic acids is 1. The van der Waals surface area contributed by atoms with Gasteiger partial charge in [0, 0.05) is 33.3 Å². The Morgan fingerprint density at radius 2 is 1.77 bits per heavy atom. The molecule has 0 aromatic heterocycles. The summed E-state index contributed by atoms with van der Waals surface area (Å²) in [6.45, 7) is 12.0. The van der Waals surface area contributed by atoms with E-state index in [1.165, 1.54) is 11.1 Å². The van der Waals surface area contributed by atoms with Crippen LogP contribution in [0.4, 0.5) is 0 Å². The minimum absolute atomic E-state index is 0.00380. The van der Waals surface area contributed by atoms with Gasteiger partial charge in [-0.1, -0.05) is 48.5 Å². The fourth-order valence-electron chi connectivity index (χ4n) is 4.49. The van der Waals surface area contributed by atoms with Crippen LogP contribution in [-0.2, 0) is 25.4 Å². The molecule has 1 saturated heterocycles. The Morgan fingerprint density at radius 1 is 1.03 bits per heavy atom. The smallest absolute Gasteiger partial charge is 0.227 e. The first kappa shape index (κ1) is 27.3. The molecule has 1 heterocycles. The van der Waals surface area contributed by atoms with Gasteiger partial charge in [-0.2, -0.15) is 0 Å². The van der Waals surface area contributed by atoms with Gasteiger partial charge in [-0.25, -0.2) is 0 Å². The van der Waals surface area contributed by atoms with E-state index in [0.29, 0.717) is 39.5 Å². The van der Waals surface area contributed by atoms with E-state index in [9.17, 15) is 4.79 Å². The minimum Gasteiger partial charge on any atom is -0.379 e. The predicted molar refractivity (Wildman–Crippen MR) is 140 cm³/mol. The number of benzene rings is 2. The Bertz CT molecular complexity index is 905. The molecule has 1 aliphatic heterocycles. The van der Waals surface area contributed by atoms with Gasteiger partial charge in [-0.3, -0.25) is 9.69 Å². The van der Waals surface area contributed by atoms with Gasteiger partial charge in [0.25, 0.3) is 0 Å². The zero-order chi connectivity index (χ0) is 25.0. The van der Waals surface area contributed by atoms with Crippen LogP contribution in [0.5, 0.6) is 0 Å². The Hall–Kier alpha value is -2.25. The summed E-state index contributed by atoms with van der Waals surface area (Å²) < 4.78 is 16.9. The van der Waals surface area contributed by atoms with Crippen LogP contribution in [-0.4, -0.2) is 81.5 Å². The Morgan fingerprint density at radius 3 is 2.51 bits per heavy atom. The molecule has 0 spiro atoms. The lowest BCUT2D eigenvalue weighted by molar-refractivity contribution is -0.131. The maximum atomic E-state index is 13.3. The SMILES string of the molecule is CCOCCOCCOC1CCN(CC(c2ccccc2)N(C)C(=O)Cc2ccc(C)c(C)c2)C1. The topological polar surface area (TPSA) is 51.2 Å². The van der Waals surface area contributed by atoms with Crippen molar-refractivity contribution in [3.8, 4) is 0 Å². The van der Waals surface area contributed by atoms with Crippen LogP contribution in [0.1, 0.15) is 41.6 Å². The van der Waals surface area contributed by atoms with Gasteiger partial charge in [0.1, 0.15) is 0 Å². The Kier molecular flexibility index (Phi) is 11.2. The Balaban J connectivity index is 1.54. The standard InChI is InChI=1S/C29H42N2O4/c1-5-33-15-16-34-17-18-35-27-13-14-31(21-27)22-28(26-9-7-6-8-10-26)30(4)29(32)20-25-12-11-23(2)24(3)19-25/h6-12,19,27-28H,5,13-18,20-22H2,1-4H3. The van der Waals surface area contributed by atoms with Gasteiger partial charge < -0.3 is 19.1 Å². The number of aryl methyl sites for hydroxylation is 2. The largest absolute Gasteiger partial charge is 0.379 e. The normalized spacial score (nSPS) is 17.0. The maximum absolute atomic E-state index is 13.3. The molecule has 2 atom stereocenters. The van der Waals surface area contributed by atoms with Gasteiger partial charge in [-0.05, 0) is 49.4 Å². The molecule has 3 rings (SSSR count). The highest BCUT2D eigenvalue weighted by molar-refractivity contribution is 5.79. The lowest BCUT2D eigenvalue weighted by Crippen LogP contribution is -2.39. The highest BCUT2D eigenvalue weighted by Crippen LogP contribution is 2.25. The van der Waals surface area contributed by atoms with Gasteiger partial charge in [-0.15, -0.1) is 0 Å². The van der Waals surface area contributed by atoms with Crippen molar-refractivity contribution in [3.05, 3.63) is 70.8 Å². The number of hydrogen-bond donors (Lipinski definition) is 0. The van der Waals surface area contributed by atoms with Crippen LogP contribution in [0.3, 0.4) is 0 Å². The predicted octanol–water partition coefficient (Wildman–Crippen LogP) is 4.19. The number of rotatable bonds is 14. The summed E-state index contributed by atoms with van der Waals surface area (Å²) in [6.07, 6.45) is 1.62. The number of carbonyl (C=O) groups is 1. The average molecular weight is 483 g/mol. The fourth-order valence-corrected chi connectivity index (χ4v) is 4.49. The second kappa shape index (κ2) is 14.3. The monoisotopic (exact) mass is 482 g/mol. The molecular weight excluding hydrogens is 440 g/mol. The van der Waals surface area contributed by atoms with Crippen LogP contribution in [0.15, 0.2) is 48.5 Å². The zero-order valence-corrected chi connectivity index (χ0v) is 21.9. The van der Waals surface area contributed by atoms with E-state index >= 15 is 0 Å². The summed E-state index contributed by atoms with van der Waals surface area (Å²) in [5.41, 5.74) is 4.70. The lowest BCUT2D eigenvalue weighted by atomic mass is 10.0. The van der Waals surface area contributed by atoms with E-state index in [1.54, 1.807) is 0 Å². The molecule has 6 nitrogen and oxygen atoms in total. The number of hydrogen-bond acceptors (Lipinski definition) is 5. The highest BCUT2D eigenvalue weighted by atomic mass is 16.5. The molecule has 1 aliphatic rings. The lowest BCUT2D eigenvalue weighted by Gasteiger charge is -2.32. The van der Waals surface area contributed by atoms with E-state index in [-0.39, 0.29) is 18.1 Å². The van der Waals surface area contributed by atoms with Gasteiger partial charge >= 0.3 is 0 Å². The van der Waals surface area contributed by atoms with Crippen molar-refractivity contribution in [1.82, 2.24) is 9.80 Å². The molecule has 0 aliphatic carbocycles. The molecule has 1 amide bonds. The molecule has 2 unspecified atom stereocenters. The maximum Gasteiger partial charge on any atom is 0.227 e. The van der Waals surface area contributed by atoms with E-state index in [1.807, 2.05) is 37.1 Å². The molecule has 1 fully saturated rings. The average Bonchev–Trinajstić information content (AvgIpc) is 3.31. The molecule has 2 aromatic rings. The first-order valence-electron chi connectivity index (χ1n) is 12.8. The van der Waals surface area contributed by atoms with Crippen molar-refractivity contribution < 1.29 is 19.0 Å². The van der Waals surface area contributed by atoms with Gasteiger partial charge in [0.2, 0.25) is 5.91 Å². The molecule has 35 heavy (non-hydrogen) atoms. The molecule has 0 bridgehead atoms. The molecule has 0 N–H and O–H groups in total. The summed E-state index contributed by atoms with van der Waals surface area (Å²) >= 11 is 0. The van der Waals surface area contributed by atoms with Crippen molar-refractivity contribution in [2.75, 3.05) is 59.7 Å². The first-order valence-corrected chi connectivity index (χ1v) is 12.8. The van der Waals surface area contributed by atoms with Gasteiger partial charge in [0.05, 0.1) is 45.0 Å². The number of likely N-dealkylation sites (tertiary alicyclic amines) is 1. The molecule has 6 heteroatoms.